The Morgan fingerprint density at radius 3 is 1.21 bits per heavy atom. The summed E-state index contributed by atoms with van der Waals surface area (Å²) in [5.74, 6) is -0.793. The SMILES string of the molecule is CC(C)(C)OC(=O)N1CC[C@@H](N(Cc2ccc(F)cc2)C(=O)Cl)[C@@H](F)C1.CC(C)(C)OC(=O)N1CC[C@H](N(Cc2ccc(F)cc2)C(=O)Cl)[C@H](F)C1. The van der Waals surface area contributed by atoms with Crippen molar-refractivity contribution in [3.8, 4) is 0 Å². The number of carbonyl (C=O) groups excluding carboxylic acids is 4. The highest BCUT2D eigenvalue weighted by molar-refractivity contribution is 6.63. The van der Waals surface area contributed by atoms with E-state index in [2.05, 4.69) is 0 Å². The Kier molecular flexibility index (Phi) is 15.0. The van der Waals surface area contributed by atoms with Crippen molar-refractivity contribution in [1.29, 1.82) is 0 Å². The molecule has 2 saturated heterocycles. The second-order valence-electron chi connectivity index (χ2n) is 14.6. The largest absolute Gasteiger partial charge is 0.444 e. The van der Waals surface area contributed by atoms with E-state index in [0.29, 0.717) is 11.1 Å². The Labute approximate surface area is 311 Å². The fraction of sp³-hybridized carbons (Fsp3) is 0.556. The van der Waals surface area contributed by atoms with E-state index >= 15 is 0 Å². The topological polar surface area (TPSA) is 99.7 Å². The molecule has 2 aromatic carbocycles. The number of halogens is 6. The Hall–Kier alpha value is -3.78. The number of piperidine rings is 2. The normalized spacial score (nSPS) is 20.6. The van der Waals surface area contributed by atoms with Crippen LogP contribution in [0.5, 0.6) is 0 Å². The lowest BCUT2D eigenvalue weighted by Crippen LogP contribution is -2.54. The maximum atomic E-state index is 14.7. The molecule has 288 valence electrons. The summed E-state index contributed by atoms with van der Waals surface area (Å²) in [5, 5.41) is -1.57. The quantitative estimate of drug-likeness (QED) is 0.166. The lowest BCUT2D eigenvalue weighted by Gasteiger charge is -2.40. The number of likely N-dealkylation sites (tertiary alicyclic amines) is 2. The van der Waals surface area contributed by atoms with Gasteiger partial charge in [0.1, 0.15) is 35.2 Å². The van der Waals surface area contributed by atoms with Gasteiger partial charge in [-0.05, 0) is 113 Å². The van der Waals surface area contributed by atoms with Crippen molar-refractivity contribution < 1.29 is 46.2 Å². The third-order valence-electron chi connectivity index (χ3n) is 8.10. The minimum atomic E-state index is -1.46. The number of amides is 4. The maximum Gasteiger partial charge on any atom is 0.410 e. The first-order chi connectivity index (χ1) is 24.1. The van der Waals surface area contributed by atoms with Crippen molar-refractivity contribution in [2.75, 3.05) is 26.2 Å². The third-order valence-corrected chi connectivity index (χ3v) is 8.54. The van der Waals surface area contributed by atoms with Crippen LogP contribution in [0.4, 0.5) is 36.7 Å². The van der Waals surface area contributed by atoms with Gasteiger partial charge in [-0.1, -0.05) is 24.3 Å². The van der Waals surface area contributed by atoms with Crippen LogP contribution in [0.1, 0.15) is 65.5 Å². The molecular weight excluding hydrogens is 731 g/mol. The van der Waals surface area contributed by atoms with Gasteiger partial charge in [-0.2, -0.15) is 0 Å². The van der Waals surface area contributed by atoms with Gasteiger partial charge >= 0.3 is 22.9 Å². The minimum Gasteiger partial charge on any atom is -0.444 e. The third kappa shape index (κ3) is 13.3. The summed E-state index contributed by atoms with van der Waals surface area (Å²) >= 11 is 11.3. The molecule has 2 aromatic rings. The van der Waals surface area contributed by atoms with E-state index < -0.39 is 70.2 Å². The molecule has 0 unspecified atom stereocenters. The van der Waals surface area contributed by atoms with Crippen molar-refractivity contribution in [2.24, 2.45) is 0 Å². The average Bonchev–Trinajstić information content (AvgIpc) is 3.03. The fourth-order valence-corrected chi connectivity index (χ4v) is 6.03. The molecule has 4 rings (SSSR count). The van der Waals surface area contributed by atoms with E-state index in [-0.39, 0.29) is 52.1 Å². The van der Waals surface area contributed by atoms with Gasteiger partial charge in [0.2, 0.25) is 0 Å². The molecule has 0 radical (unpaired) electrons. The van der Waals surface area contributed by atoms with Gasteiger partial charge in [0.05, 0.1) is 25.2 Å². The van der Waals surface area contributed by atoms with Gasteiger partial charge in [-0.15, -0.1) is 0 Å². The Bertz CT molecular complexity index is 1410. The van der Waals surface area contributed by atoms with Crippen LogP contribution in [-0.4, -0.2) is 104 Å². The molecule has 16 heteroatoms. The summed E-state index contributed by atoms with van der Waals surface area (Å²) in [6.45, 7) is 10.7. The highest BCUT2D eigenvalue weighted by Crippen LogP contribution is 2.26. The van der Waals surface area contributed by atoms with E-state index in [4.69, 9.17) is 32.7 Å². The number of hydrogen-bond acceptors (Lipinski definition) is 6. The monoisotopic (exact) mass is 776 g/mol. The zero-order valence-electron chi connectivity index (χ0n) is 30.1. The van der Waals surface area contributed by atoms with Crippen LogP contribution in [0.25, 0.3) is 0 Å². The van der Waals surface area contributed by atoms with Crippen molar-refractivity contribution in [3.63, 3.8) is 0 Å². The second kappa shape index (κ2) is 18.3. The standard InChI is InChI=1S/2C18H23ClF2N2O3/c2*1-18(2,3)26-17(25)22-9-8-15(14(21)11-22)23(16(19)24)10-12-4-6-13(20)7-5-12/h2*4-7,14-15H,8-11H2,1-3H3/t2*14-,15+/m10/s1. The first-order valence-corrected chi connectivity index (χ1v) is 17.5. The molecule has 0 N–H and O–H groups in total. The highest BCUT2D eigenvalue weighted by atomic mass is 35.5. The van der Waals surface area contributed by atoms with Gasteiger partial charge in [-0.25, -0.2) is 27.2 Å². The van der Waals surface area contributed by atoms with Crippen molar-refractivity contribution in [2.45, 2.75) is 103 Å². The molecule has 0 aliphatic carbocycles. The fourth-order valence-electron chi connectivity index (χ4n) is 5.66. The molecule has 0 bridgehead atoms. The van der Waals surface area contributed by atoms with Crippen LogP contribution in [0.3, 0.4) is 0 Å². The zero-order chi connectivity index (χ0) is 39.0. The summed E-state index contributed by atoms with van der Waals surface area (Å²) in [4.78, 5) is 52.8. The zero-order valence-corrected chi connectivity index (χ0v) is 31.6. The number of nitrogens with zero attached hydrogens (tertiary/aromatic N) is 4. The molecule has 10 nitrogen and oxygen atoms in total. The van der Waals surface area contributed by atoms with E-state index in [9.17, 15) is 36.7 Å². The smallest absolute Gasteiger partial charge is 0.410 e. The second-order valence-corrected chi connectivity index (χ2v) is 15.3. The molecule has 2 aliphatic heterocycles. The molecule has 0 saturated carbocycles. The Morgan fingerprint density at radius 2 is 0.962 bits per heavy atom. The van der Waals surface area contributed by atoms with Gasteiger partial charge in [-0.3, -0.25) is 9.59 Å². The number of rotatable bonds is 6. The van der Waals surface area contributed by atoms with Gasteiger partial charge < -0.3 is 29.1 Å². The van der Waals surface area contributed by atoms with Crippen LogP contribution in [0.2, 0.25) is 0 Å². The van der Waals surface area contributed by atoms with Gasteiger partial charge in [0.15, 0.2) is 0 Å². The summed E-state index contributed by atoms with van der Waals surface area (Å²) in [5.41, 5.74) is -0.0506. The first kappa shape index (κ1) is 42.6. The first-order valence-electron chi connectivity index (χ1n) is 16.8. The minimum absolute atomic E-state index is 0.0696. The molecule has 52 heavy (non-hydrogen) atoms. The van der Waals surface area contributed by atoms with Gasteiger partial charge in [0.25, 0.3) is 0 Å². The lowest BCUT2D eigenvalue weighted by molar-refractivity contribution is -0.000112. The summed E-state index contributed by atoms with van der Waals surface area (Å²) < 4.78 is 66.0. The van der Waals surface area contributed by atoms with Gasteiger partial charge in [0, 0.05) is 26.2 Å². The van der Waals surface area contributed by atoms with E-state index in [1.54, 1.807) is 41.5 Å². The highest BCUT2D eigenvalue weighted by Gasteiger charge is 2.39. The number of ether oxygens (including phenoxy) is 2. The molecule has 2 heterocycles. The summed E-state index contributed by atoms with van der Waals surface area (Å²) in [6, 6.07) is 9.63. The number of carbonyl (C=O) groups is 4. The average molecular weight is 778 g/mol. The number of hydrogen-bond donors (Lipinski definition) is 0. The van der Waals surface area contributed by atoms with Crippen molar-refractivity contribution in [1.82, 2.24) is 19.6 Å². The number of alkyl halides is 2. The van der Waals surface area contributed by atoms with Crippen LogP contribution in [0.15, 0.2) is 48.5 Å². The van der Waals surface area contributed by atoms with Crippen LogP contribution in [0, 0.1) is 11.6 Å². The molecule has 0 aromatic heterocycles. The van der Waals surface area contributed by atoms with E-state index in [1.807, 2.05) is 0 Å². The van der Waals surface area contributed by atoms with Crippen LogP contribution < -0.4 is 0 Å². The summed E-state index contributed by atoms with van der Waals surface area (Å²) in [7, 11) is 0. The maximum absolute atomic E-state index is 14.7. The summed E-state index contributed by atoms with van der Waals surface area (Å²) in [6.07, 6.45) is -3.61. The molecule has 0 spiro atoms. The lowest BCUT2D eigenvalue weighted by atomic mass is 10.0. The predicted molar refractivity (Wildman–Crippen MR) is 189 cm³/mol. The Balaban J connectivity index is 0.000000280. The van der Waals surface area contributed by atoms with E-state index in [1.165, 1.54) is 68.1 Å². The Morgan fingerprint density at radius 1 is 0.654 bits per heavy atom. The predicted octanol–water partition coefficient (Wildman–Crippen LogP) is 8.67. The van der Waals surface area contributed by atoms with Crippen molar-refractivity contribution in [3.05, 3.63) is 71.3 Å². The molecular formula is C36H46Cl2F4N4O6. The van der Waals surface area contributed by atoms with E-state index in [0.717, 1.165) is 0 Å². The molecule has 2 fully saturated rings. The van der Waals surface area contributed by atoms with Crippen LogP contribution >= 0.6 is 23.2 Å². The molecule has 4 amide bonds. The van der Waals surface area contributed by atoms with Crippen molar-refractivity contribution >= 4 is 46.1 Å². The number of benzene rings is 2. The molecule has 2 aliphatic rings. The molecule has 4 atom stereocenters. The van der Waals surface area contributed by atoms with Crippen LogP contribution in [-0.2, 0) is 22.6 Å².